The number of aliphatic hydroxyl groups is 1. The lowest BCUT2D eigenvalue weighted by molar-refractivity contribution is 0.0129. The van der Waals surface area contributed by atoms with Crippen LogP contribution in [0.1, 0.15) is 51.7 Å². The molecule has 2 aromatic carbocycles. The summed E-state index contributed by atoms with van der Waals surface area (Å²) in [6.07, 6.45) is -1.10. The number of benzene rings is 2. The Morgan fingerprint density at radius 3 is 2.52 bits per heavy atom. The summed E-state index contributed by atoms with van der Waals surface area (Å²) >= 11 is 0. The van der Waals surface area contributed by atoms with E-state index in [1.165, 1.54) is 0 Å². The molecule has 0 radical (unpaired) electrons. The monoisotopic (exact) mass is 334 g/mol. The van der Waals surface area contributed by atoms with Gasteiger partial charge in [-0.3, -0.25) is 9.59 Å². The quantitative estimate of drug-likeness (QED) is 0.883. The van der Waals surface area contributed by atoms with Crippen LogP contribution in [0.4, 0.5) is 0 Å². The van der Waals surface area contributed by atoms with Gasteiger partial charge in [-0.1, -0.05) is 18.2 Å². The Morgan fingerprint density at radius 1 is 1.20 bits per heavy atom. The summed E-state index contributed by atoms with van der Waals surface area (Å²) in [6.45, 7) is 3.31. The maximum atomic E-state index is 12.7. The van der Waals surface area contributed by atoms with E-state index in [-0.39, 0.29) is 11.7 Å². The highest BCUT2D eigenvalue weighted by Gasteiger charge is 2.47. The minimum atomic E-state index is -1.10. The van der Waals surface area contributed by atoms with Crippen molar-refractivity contribution in [3.05, 3.63) is 70.8 Å². The number of aliphatic hydroxyl groups excluding tert-OH is 1. The number of hydrogen-bond donors (Lipinski definition) is 2. The summed E-state index contributed by atoms with van der Waals surface area (Å²) in [5.74, 6) is -0.548. The molecule has 25 heavy (non-hydrogen) atoms. The number of nitrogens with one attached hydrogen (secondary N) is 1. The van der Waals surface area contributed by atoms with Crippen molar-refractivity contribution in [3.63, 3.8) is 0 Å². The standard InChI is InChI=1S/C20H18N2O3/c1-20(2)17(23)14-9-8-12(11-21)10-15(14)16(18(20)24)22-19(25)13-6-4-3-5-7-13/h3-10,16,18,24H,1-2H3,(H,22,25). The van der Waals surface area contributed by atoms with Crippen molar-refractivity contribution < 1.29 is 14.7 Å². The fourth-order valence-electron chi connectivity index (χ4n) is 3.14. The van der Waals surface area contributed by atoms with Gasteiger partial charge in [0.05, 0.1) is 29.2 Å². The van der Waals surface area contributed by atoms with Crippen LogP contribution in [0.5, 0.6) is 0 Å². The van der Waals surface area contributed by atoms with Crippen molar-refractivity contribution in [1.29, 1.82) is 5.26 Å². The SMILES string of the molecule is CC1(C)C(=O)c2ccc(C#N)cc2C(NC(=O)c2ccccc2)C1O. The lowest BCUT2D eigenvalue weighted by Gasteiger charge is -2.40. The summed E-state index contributed by atoms with van der Waals surface area (Å²) in [4.78, 5) is 25.2. The minimum absolute atomic E-state index is 0.204. The van der Waals surface area contributed by atoms with Crippen LogP contribution in [0.15, 0.2) is 48.5 Å². The molecule has 2 atom stereocenters. The second-order valence-electron chi connectivity index (χ2n) is 6.73. The van der Waals surface area contributed by atoms with Crippen molar-refractivity contribution >= 4 is 11.7 Å². The van der Waals surface area contributed by atoms with Crippen LogP contribution < -0.4 is 5.32 Å². The molecule has 126 valence electrons. The Balaban J connectivity index is 2.06. The third-order valence-corrected chi connectivity index (χ3v) is 4.72. The van der Waals surface area contributed by atoms with Gasteiger partial charge in [-0.25, -0.2) is 0 Å². The normalized spacial score (nSPS) is 21.1. The van der Waals surface area contributed by atoms with Crippen molar-refractivity contribution in [2.24, 2.45) is 5.41 Å². The molecule has 0 bridgehead atoms. The van der Waals surface area contributed by atoms with E-state index in [4.69, 9.17) is 5.26 Å². The smallest absolute Gasteiger partial charge is 0.251 e. The van der Waals surface area contributed by atoms with Crippen LogP contribution in [-0.4, -0.2) is 22.9 Å². The zero-order chi connectivity index (χ0) is 18.2. The number of Topliss-reactive ketones (excluding diaryl/α,β-unsaturated/α-hetero) is 1. The van der Waals surface area contributed by atoms with Gasteiger partial charge < -0.3 is 10.4 Å². The summed E-state index contributed by atoms with van der Waals surface area (Å²) in [7, 11) is 0. The first-order valence-corrected chi connectivity index (χ1v) is 7.99. The lowest BCUT2D eigenvalue weighted by Crippen LogP contribution is -2.51. The molecule has 0 heterocycles. The van der Waals surface area contributed by atoms with Crippen LogP contribution in [0.3, 0.4) is 0 Å². The molecule has 0 spiro atoms. The number of ketones is 1. The molecule has 3 rings (SSSR count). The molecular formula is C20H18N2O3. The highest BCUT2D eigenvalue weighted by atomic mass is 16.3. The highest BCUT2D eigenvalue weighted by molar-refractivity contribution is 6.04. The number of amides is 1. The maximum Gasteiger partial charge on any atom is 0.251 e. The maximum absolute atomic E-state index is 12.7. The van der Waals surface area contributed by atoms with Crippen LogP contribution in [-0.2, 0) is 0 Å². The molecular weight excluding hydrogens is 316 g/mol. The van der Waals surface area contributed by atoms with Gasteiger partial charge in [-0.15, -0.1) is 0 Å². The van der Waals surface area contributed by atoms with Crippen molar-refractivity contribution in [3.8, 4) is 6.07 Å². The predicted octanol–water partition coefficient (Wildman–Crippen LogP) is 2.61. The minimum Gasteiger partial charge on any atom is -0.390 e. The number of fused-ring (bicyclic) bond motifs is 1. The highest BCUT2D eigenvalue weighted by Crippen LogP contribution is 2.41. The summed E-state index contributed by atoms with van der Waals surface area (Å²) in [6, 6.07) is 14.6. The van der Waals surface area contributed by atoms with E-state index in [0.29, 0.717) is 22.3 Å². The fourth-order valence-corrected chi connectivity index (χ4v) is 3.14. The van der Waals surface area contributed by atoms with Crippen LogP contribution in [0, 0.1) is 16.7 Å². The first-order valence-electron chi connectivity index (χ1n) is 7.99. The first kappa shape index (κ1) is 16.9. The van der Waals surface area contributed by atoms with E-state index in [9.17, 15) is 14.7 Å². The van der Waals surface area contributed by atoms with E-state index < -0.39 is 17.6 Å². The van der Waals surface area contributed by atoms with Crippen molar-refractivity contribution in [2.75, 3.05) is 0 Å². The fraction of sp³-hybridized carbons (Fsp3) is 0.250. The van der Waals surface area contributed by atoms with Crippen molar-refractivity contribution in [1.82, 2.24) is 5.32 Å². The molecule has 5 nitrogen and oxygen atoms in total. The molecule has 1 aliphatic rings. The number of rotatable bonds is 2. The van der Waals surface area contributed by atoms with Gasteiger partial charge in [0, 0.05) is 11.1 Å². The van der Waals surface area contributed by atoms with E-state index in [1.54, 1.807) is 56.3 Å². The van der Waals surface area contributed by atoms with Crippen LogP contribution in [0.2, 0.25) is 0 Å². The van der Waals surface area contributed by atoms with Gasteiger partial charge in [0.15, 0.2) is 5.78 Å². The van der Waals surface area contributed by atoms with Crippen LogP contribution in [0.25, 0.3) is 0 Å². The summed E-state index contributed by atoms with van der Waals surface area (Å²) in [5.41, 5.74) is 0.683. The third kappa shape index (κ3) is 2.81. The molecule has 0 saturated carbocycles. The molecule has 0 aliphatic heterocycles. The molecule has 2 aromatic rings. The van der Waals surface area contributed by atoms with Gasteiger partial charge in [0.1, 0.15) is 0 Å². The lowest BCUT2D eigenvalue weighted by atomic mass is 9.68. The third-order valence-electron chi connectivity index (χ3n) is 4.72. The Bertz CT molecular complexity index is 882. The molecule has 5 heteroatoms. The first-order chi connectivity index (χ1) is 11.9. The topological polar surface area (TPSA) is 90.2 Å². The molecule has 1 aliphatic carbocycles. The van der Waals surface area contributed by atoms with E-state index in [0.717, 1.165) is 0 Å². The van der Waals surface area contributed by atoms with Crippen molar-refractivity contribution in [2.45, 2.75) is 26.0 Å². The Labute approximate surface area is 145 Å². The second-order valence-corrected chi connectivity index (χ2v) is 6.73. The molecule has 0 fully saturated rings. The van der Waals surface area contributed by atoms with Gasteiger partial charge in [-0.2, -0.15) is 5.26 Å². The molecule has 0 aromatic heterocycles. The largest absolute Gasteiger partial charge is 0.390 e. The van der Waals surface area contributed by atoms with E-state index in [2.05, 4.69) is 5.32 Å². The predicted molar refractivity (Wildman–Crippen MR) is 91.9 cm³/mol. The van der Waals surface area contributed by atoms with Gasteiger partial charge >= 0.3 is 0 Å². The van der Waals surface area contributed by atoms with E-state index in [1.807, 2.05) is 12.1 Å². The number of hydrogen-bond acceptors (Lipinski definition) is 4. The zero-order valence-electron chi connectivity index (χ0n) is 14.0. The van der Waals surface area contributed by atoms with Gasteiger partial charge in [0.2, 0.25) is 0 Å². The molecule has 1 amide bonds. The average molecular weight is 334 g/mol. The molecule has 0 saturated heterocycles. The number of nitrogens with zero attached hydrogens (tertiary/aromatic N) is 1. The number of nitriles is 1. The average Bonchev–Trinajstić information content (AvgIpc) is 2.64. The Morgan fingerprint density at radius 2 is 1.88 bits per heavy atom. The molecule has 2 unspecified atom stereocenters. The van der Waals surface area contributed by atoms with E-state index >= 15 is 0 Å². The number of carbonyl (C=O) groups is 2. The Hall–Kier alpha value is -2.97. The molecule has 2 N–H and O–H groups in total. The van der Waals surface area contributed by atoms with Gasteiger partial charge in [-0.05, 0) is 49.7 Å². The Kier molecular flexibility index (Phi) is 4.15. The van der Waals surface area contributed by atoms with Crippen LogP contribution >= 0.6 is 0 Å². The summed E-state index contributed by atoms with van der Waals surface area (Å²) < 4.78 is 0. The van der Waals surface area contributed by atoms with Gasteiger partial charge in [0.25, 0.3) is 5.91 Å². The zero-order valence-corrected chi connectivity index (χ0v) is 14.0. The second kappa shape index (κ2) is 6.15. The summed E-state index contributed by atoms with van der Waals surface area (Å²) in [5, 5.41) is 22.7. The number of carbonyl (C=O) groups excluding carboxylic acids is 2.